The fraction of sp³-hybridized carbons (Fsp3) is 0.545. The molecule has 1 aliphatic rings. The van der Waals surface area contributed by atoms with Crippen LogP contribution in [0.5, 0.6) is 0 Å². The molecule has 0 aliphatic carbocycles. The number of nitrogens with two attached hydrogens (primary N) is 1. The van der Waals surface area contributed by atoms with Gasteiger partial charge in [0.05, 0.1) is 6.10 Å². The lowest BCUT2D eigenvalue weighted by Crippen LogP contribution is -2.36. The molecule has 0 bridgehead atoms. The van der Waals surface area contributed by atoms with E-state index in [0.717, 1.165) is 35.9 Å². The molecule has 0 spiro atoms. The van der Waals surface area contributed by atoms with Crippen LogP contribution in [0.1, 0.15) is 18.4 Å². The molecular formula is C11H15BrN2O. The molecule has 1 aromatic rings. The van der Waals surface area contributed by atoms with E-state index in [-0.39, 0.29) is 12.1 Å². The Morgan fingerprint density at radius 1 is 1.60 bits per heavy atom. The average Bonchev–Trinajstić information content (AvgIpc) is 2.70. The van der Waals surface area contributed by atoms with Gasteiger partial charge in [-0.25, -0.2) is 0 Å². The summed E-state index contributed by atoms with van der Waals surface area (Å²) in [5.74, 6) is 0. The zero-order chi connectivity index (χ0) is 10.7. The minimum absolute atomic E-state index is 0.0867. The predicted octanol–water partition coefficient (Wildman–Crippen LogP) is 1.89. The molecule has 0 aromatic carbocycles. The molecule has 0 saturated carbocycles. The summed E-state index contributed by atoms with van der Waals surface area (Å²) in [5.41, 5.74) is 7.25. The molecule has 3 nitrogen and oxygen atoms in total. The highest BCUT2D eigenvalue weighted by Crippen LogP contribution is 2.18. The standard InChI is InChI=1S/C11H15BrN2O/c12-9-4-8(6-14-7-9)5-10(13)11-2-1-3-15-11/h4,6-7,10-11H,1-3,5,13H2. The molecule has 0 radical (unpaired) electrons. The van der Waals surface area contributed by atoms with Gasteiger partial charge in [-0.15, -0.1) is 0 Å². The van der Waals surface area contributed by atoms with E-state index in [1.807, 2.05) is 6.20 Å². The average molecular weight is 271 g/mol. The molecule has 1 saturated heterocycles. The monoisotopic (exact) mass is 270 g/mol. The third kappa shape index (κ3) is 3.00. The molecule has 2 heterocycles. The van der Waals surface area contributed by atoms with Crippen LogP contribution >= 0.6 is 15.9 Å². The maximum absolute atomic E-state index is 6.09. The van der Waals surface area contributed by atoms with E-state index in [0.29, 0.717) is 0 Å². The van der Waals surface area contributed by atoms with Crippen LogP contribution in [-0.2, 0) is 11.2 Å². The fourth-order valence-electron chi connectivity index (χ4n) is 1.91. The molecule has 1 aliphatic heterocycles. The van der Waals surface area contributed by atoms with Crippen molar-refractivity contribution in [2.75, 3.05) is 6.61 Å². The van der Waals surface area contributed by atoms with Crippen molar-refractivity contribution in [1.82, 2.24) is 4.98 Å². The molecule has 2 atom stereocenters. The highest BCUT2D eigenvalue weighted by Gasteiger charge is 2.22. The van der Waals surface area contributed by atoms with Crippen molar-refractivity contribution >= 4 is 15.9 Å². The Balaban J connectivity index is 1.95. The summed E-state index contributed by atoms with van der Waals surface area (Å²) in [6.07, 6.45) is 6.92. The third-order valence-electron chi connectivity index (χ3n) is 2.68. The summed E-state index contributed by atoms with van der Waals surface area (Å²) in [6, 6.07) is 2.14. The zero-order valence-corrected chi connectivity index (χ0v) is 10.1. The first-order chi connectivity index (χ1) is 7.25. The topological polar surface area (TPSA) is 48.1 Å². The molecule has 1 aromatic heterocycles. The zero-order valence-electron chi connectivity index (χ0n) is 8.53. The van der Waals surface area contributed by atoms with Crippen LogP contribution in [-0.4, -0.2) is 23.7 Å². The summed E-state index contributed by atoms with van der Waals surface area (Å²) in [6.45, 7) is 0.856. The third-order valence-corrected chi connectivity index (χ3v) is 3.11. The number of nitrogens with zero attached hydrogens (tertiary/aromatic N) is 1. The van der Waals surface area contributed by atoms with Gasteiger partial charge in [0, 0.05) is 29.5 Å². The van der Waals surface area contributed by atoms with Crippen LogP contribution < -0.4 is 5.73 Å². The summed E-state index contributed by atoms with van der Waals surface area (Å²) >= 11 is 3.40. The molecule has 0 amide bonds. The van der Waals surface area contributed by atoms with Crippen molar-refractivity contribution in [1.29, 1.82) is 0 Å². The first-order valence-corrected chi connectivity index (χ1v) is 6.01. The van der Waals surface area contributed by atoms with Gasteiger partial charge in [0.25, 0.3) is 0 Å². The Kier molecular flexibility index (Phi) is 3.72. The van der Waals surface area contributed by atoms with E-state index in [9.17, 15) is 0 Å². The van der Waals surface area contributed by atoms with Gasteiger partial charge >= 0.3 is 0 Å². The smallest absolute Gasteiger partial charge is 0.0730 e. The van der Waals surface area contributed by atoms with Crippen molar-refractivity contribution in [2.24, 2.45) is 5.73 Å². The van der Waals surface area contributed by atoms with Crippen molar-refractivity contribution in [3.05, 3.63) is 28.5 Å². The summed E-state index contributed by atoms with van der Waals surface area (Å²) in [5, 5.41) is 0. The first kappa shape index (κ1) is 11.0. The number of ether oxygens (including phenoxy) is 1. The van der Waals surface area contributed by atoms with E-state index in [1.165, 1.54) is 0 Å². The van der Waals surface area contributed by atoms with Crippen LogP contribution in [0.3, 0.4) is 0 Å². The van der Waals surface area contributed by atoms with E-state index < -0.39 is 0 Å². The first-order valence-electron chi connectivity index (χ1n) is 5.22. The predicted molar refractivity (Wildman–Crippen MR) is 62.6 cm³/mol. The number of hydrogen-bond donors (Lipinski definition) is 1. The van der Waals surface area contributed by atoms with Crippen LogP contribution in [0.25, 0.3) is 0 Å². The van der Waals surface area contributed by atoms with Crippen molar-refractivity contribution < 1.29 is 4.74 Å². The SMILES string of the molecule is NC(Cc1cncc(Br)c1)C1CCCO1. The summed E-state index contributed by atoms with van der Waals surface area (Å²) < 4.78 is 6.56. The van der Waals surface area contributed by atoms with Crippen LogP contribution in [0.2, 0.25) is 0 Å². The minimum atomic E-state index is 0.0867. The van der Waals surface area contributed by atoms with Gasteiger partial charge in [-0.3, -0.25) is 4.98 Å². The van der Waals surface area contributed by atoms with Crippen molar-refractivity contribution in [3.8, 4) is 0 Å². The minimum Gasteiger partial charge on any atom is -0.377 e. The largest absolute Gasteiger partial charge is 0.377 e. The second-order valence-electron chi connectivity index (χ2n) is 3.93. The second-order valence-corrected chi connectivity index (χ2v) is 4.85. The van der Waals surface area contributed by atoms with Gasteiger partial charge in [-0.1, -0.05) is 0 Å². The Morgan fingerprint density at radius 3 is 3.13 bits per heavy atom. The molecule has 1 fully saturated rings. The van der Waals surface area contributed by atoms with Crippen LogP contribution in [0, 0.1) is 0 Å². The lowest BCUT2D eigenvalue weighted by molar-refractivity contribution is 0.0900. The number of pyridine rings is 1. The molecule has 15 heavy (non-hydrogen) atoms. The van der Waals surface area contributed by atoms with E-state index >= 15 is 0 Å². The quantitative estimate of drug-likeness (QED) is 0.913. The van der Waals surface area contributed by atoms with E-state index in [4.69, 9.17) is 10.5 Å². The van der Waals surface area contributed by atoms with E-state index in [2.05, 4.69) is 27.0 Å². The molecule has 2 rings (SSSR count). The van der Waals surface area contributed by atoms with Gasteiger partial charge in [-0.2, -0.15) is 0 Å². The Morgan fingerprint density at radius 2 is 2.47 bits per heavy atom. The van der Waals surface area contributed by atoms with Gasteiger partial charge in [0.15, 0.2) is 0 Å². The highest BCUT2D eigenvalue weighted by atomic mass is 79.9. The number of aromatic nitrogens is 1. The second kappa shape index (κ2) is 5.05. The Hall–Kier alpha value is -0.450. The van der Waals surface area contributed by atoms with Crippen LogP contribution in [0.15, 0.2) is 22.9 Å². The normalized spacial score (nSPS) is 22.9. The Bertz CT molecular complexity index is 326. The van der Waals surface area contributed by atoms with Gasteiger partial charge in [-0.05, 0) is 46.8 Å². The van der Waals surface area contributed by atoms with E-state index in [1.54, 1.807) is 6.20 Å². The van der Waals surface area contributed by atoms with Gasteiger partial charge in [0.1, 0.15) is 0 Å². The van der Waals surface area contributed by atoms with Crippen molar-refractivity contribution in [2.45, 2.75) is 31.4 Å². The lowest BCUT2D eigenvalue weighted by Gasteiger charge is -2.18. The summed E-state index contributed by atoms with van der Waals surface area (Å²) in [7, 11) is 0. The molecular weight excluding hydrogens is 256 g/mol. The van der Waals surface area contributed by atoms with Crippen molar-refractivity contribution in [3.63, 3.8) is 0 Å². The van der Waals surface area contributed by atoms with Gasteiger partial charge in [0.2, 0.25) is 0 Å². The number of halogens is 1. The Labute approximate surface area is 98.2 Å². The molecule has 82 valence electrons. The van der Waals surface area contributed by atoms with Gasteiger partial charge < -0.3 is 10.5 Å². The highest BCUT2D eigenvalue weighted by molar-refractivity contribution is 9.10. The molecule has 2 N–H and O–H groups in total. The number of rotatable bonds is 3. The number of hydrogen-bond acceptors (Lipinski definition) is 3. The maximum Gasteiger partial charge on any atom is 0.0730 e. The summed E-state index contributed by atoms with van der Waals surface area (Å²) in [4.78, 5) is 4.12. The van der Waals surface area contributed by atoms with Crippen LogP contribution in [0.4, 0.5) is 0 Å². The maximum atomic E-state index is 6.09. The molecule has 2 unspecified atom stereocenters. The lowest BCUT2D eigenvalue weighted by atomic mass is 10.0. The fourth-order valence-corrected chi connectivity index (χ4v) is 2.32. The molecule has 4 heteroatoms.